The van der Waals surface area contributed by atoms with Gasteiger partial charge in [-0.25, -0.2) is 0 Å². The number of piperazine rings is 1. The number of nitrogens with zero attached hydrogens (tertiary/aromatic N) is 3. The molecule has 0 bridgehead atoms. The molecule has 0 saturated carbocycles. The highest BCUT2D eigenvalue weighted by Crippen LogP contribution is 2.25. The lowest BCUT2D eigenvalue weighted by molar-refractivity contribution is 0.0633. The average molecular weight is 380 g/mol. The molecular weight excluding hydrogens is 350 g/mol. The number of aryl methyl sites for hydroxylation is 3. The standard InChI is InChI=1S/C23H29N3O2/c1-3-24-12-14-25(15-13-24)23(27)21-17-22-20(16-18(2)28-22)26(21)11-7-10-19-8-5-4-6-9-19/h4-6,8-9,16-17H,3,7,10-15H2,1-2H3. The van der Waals surface area contributed by atoms with E-state index in [1.807, 2.05) is 30.0 Å². The highest BCUT2D eigenvalue weighted by molar-refractivity contribution is 5.97. The minimum atomic E-state index is 0.125. The van der Waals surface area contributed by atoms with E-state index in [9.17, 15) is 4.79 Å². The summed E-state index contributed by atoms with van der Waals surface area (Å²) in [5.41, 5.74) is 3.93. The van der Waals surface area contributed by atoms with Crippen molar-refractivity contribution in [2.75, 3.05) is 32.7 Å². The zero-order chi connectivity index (χ0) is 19.5. The summed E-state index contributed by atoms with van der Waals surface area (Å²) < 4.78 is 7.98. The van der Waals surface area contributed by atoms with Crippen LogP contribution in [-0.4, -0.2) is 53.0 Å². The van der Waals surface area contributed by atoms with Crippen molar-refractivity contribution >= 4 is 17.0 Å². The van der Waals surface area contributed by atoms with Gasteiger partial charge in [-0.1, -0.05) is 37.3 Å². The molecule has 1 saturated heterocycles. The Morgan fingerprint density at radius 1 is 1.07 bits per heavy atom. The maximum atomic E-state index is 13.2. The summed E-state index contributed by atoms with van der Waals surface area (Å²) in [7, 11) is 0. The Bertz CT molecular complexity index is 934. The fraction of sp³-hybridized carbons (Fsp3) is 0.435. The molecule has 1 amide bonds. The van der Waals surface area contributed by atoms with Gasteiger partial charge in [-0.15, -0.1) is 0 Å². The molecule has 0 spiro atoms. The Balaban J connectivity index is 1.53. The van der Waals surface area contributed by atoms with Crippen molar-refractivity contribution < 1.29 is 9.21 Å². The van der Waals surface area contributed by atoms with Crippen LogP contribution in [0.25, 0.3) is 11.1 Å². The number of amides is 1. The third kappa shape index (κ3) is 3.85. The van der Waals surface area contributed by atoms with E-state index in [0.29, 0.717) is 0 Å². The number of likely N-dealkylation sites (N-methyl/N-ethyl adjacent to an activating group) is 1. The van der Waals surface area contributed by atoms with E-state index in [1.54, 1.807) is 0 Å². The van der Waals surface area contributed by atoms with Gasteiger partial charge in [-0.05, 0) is 31.9 Å². The first-order valence-corrected chi connectivity index (χ1v) is 10.3. The normalized spacial score (nSPS) is 15.4. The minimum Gasteiger partial charge on any atom is -0.460 e. The van der Waals surface area contributed by atoms with Gasteiger partial charge in [0.2, 0.25) is 0 Å². The van der Waals surface area contributed by atoms with Gasteiger partial charge in [0.15, 0.2) is 5.58 Å². The van der Waals surface area contributed by atoms with Crippen LogP contribution in [0.2, 0.25) is 0 Å². The lowest BCUT2D eigenvalue weighted by Crippen LogP contribution is -2.48. The lowest BCUT2D eigenvalue weighted by atomic mass is 10.1. The Morgan fingerprint density at radius 3 is 2.54 bits per heavy atom. The van der Waals surface area contributed by atoms with Crippen molar-refractivity contribution in [3.63, 3.8) is 0 Å². The van der Waals surface area contributed by atoms with Gasteiger partial charge in [0, 0.05) is 44.9 Å². The molecule has 148 valence electrons. The van der Waals surface area contributed by atoms with E-state index >= 15 is 0 Å². The predicted molar refractivity (Wildman–Crippen MR) is 112 cm³/mol. The van der Waals surface area contributed by atoms with Crippen LogP contribution in [0.3, 0.4) is 0 Å². The smallest absolute Gasteiger partial charge is 0.270 e. The SMILES string of the molecule is CCN1CCN(C(=O)c2cc3oc(C)cc3n2CCCc2ccccc2)CC1. The van der Waals surface area contributed by atoms with Gasteiger partial charge >= 0.3 is 0 Å². The fourth-order valence-corrected chi connectivity index (χ4v) is 4.10. The number of fused-ring (bicyclic) bond motifs is 1. The molecule has 3 heterocycles. The first-order valence-electron chi connectivity index (χ1n) is 10.3. The number of carbonyl (C=O) groups is 1. The summed E-state index contributed by atoms with van der Waals surface area (Å²) in [5, 5.41) is 0. The van der Waals surface area contributed by atoms with Crippen LogP contribution in [0, 0.1) is 6.92 Å². The van der Waals surface area contributed by atoms with Gasteiger partial charge < -0.3 is 18.8 Å². The van der Waals surface area contributed by atoms with Crippen molar-refractivity contribution in [2.24, 2.45) is 0 Å². The van der Waals surface area contributed by atoms with Crippen LogP contribution in [0.5, 0.6) is 0 Å². The largest absolute Gasteiger partial charge is 0.460 e. The molecule has 1 aliphatic rings. The van der Waals surface area contributed by atoms with E-state index in [0.717, 1.165) is 74.7 Å². The maximum Gasteiger partial charge on any atom is 0.270 e. The van der Waals surface area contributed by atoms with Gasteiger partial charge in [-0.3, -0.25) is 4.79 Å². The second-order valence-electron chi connectivity index (χ2n) is 7.60. The maximum absolute atomic E-state index is 13.2. The van der Waals surface area contributed by atoms with Crippen LogP contribution in [0.4, 0.5) is 0 Å². The summed E-state index contributed by atoms with van der Waals surface area (Å²) in [6.07, 6.45) is 1.99. The highest BCUT2D eigenvalue weighted by atomic mass is 16.3. The van der Waals surface area contributed by atoms with E-state index in [4.69, 9.17) is 4.42 Å². The molecule has 0 unspecified atom stereocenters. The van der Waals surface area contributed by atoms with Crippen molar-refractivity contribution in [1.29, 1.82) is 0 Å². The Morgan fingerprint density at radius 2 is 1.82 bits per heavy atom. The van der Waals surface area contributed by atoms with Crippen molar-refractivity contribution in [3.8, 4) is 0 Å². The van der Waals surface area contributed by atoms with Gasteiger partial charge in [0.25, 0.3) is 5.91 Å². The van der Waals surface area contributed by atoms with E-state index in [2.05, 4.69) is 40.7 Å². The molecule has 5 nitrogen and oxygen atoms in total. The van der Waals surface area contributed by atoms with Crippen molar-refractivity contribution in [2.45, 2.75) is 33.2 Å². The van der Waals surface area contributed by atoms with Gasteiger partial charge in [0.05, 0.1) is 5.52 Å². The van der Waals surface area contributed by atoms with Gasteiger partial charge in [0.1, 0.15) is 11.5 Å². The molecule has 1 aliphatic heterocycles. The third-order valence-electron chi connectivity index (χ3n) is 5.73. The fourth-order valence-electron chi connectivity index (χ4n) is 4.10. The summed E-state index contributed by atoms with van der Waals surface area (Å²) in [4.78, 5) is 17.6. The highest BCUT2D eigenvalue weighted by Gasteiger charge is 2.25. The Kier molecular flexibility index (Phi) is 5.53. The number of rotatable bonds is 6. The van der Waals surface area contributed by atoms with Crippen LogP contribution in [0.1, 0.15) is 35.2 Å². The lowest BCUT2D eigenvalue weighted by Gasteiger charge is -2.34. The van der Waals surface area contributed by atoms with E-state index < -0.39 is 0 Å². The second-order valence-corrected chi connectivity index (χ2v) is 7.60. The number of furan rings is 1. The van der Waals surface area contributed by atoms with Crippen molar-refractivity contribution in [3.05, 3.63) is 59.5 Å². The summed E-state index contributed by atoms with van der Waals surface area (Å²) in [6, 6.07) is 14.5. The van der Waals surface area contributed by atoms with Crippen LogP contribution in [-0.2, 0) is 13.0 Å². The Labute approximate surface area is 166 Å². The quantitative estimate of drug-likeness (QED) is 0.651. The molecule has 0 atom stereocenters. The molecule has 0 aliphatic carbocycles. The molecular formula is C23H29N3O2. The number of hydrogen-bond donors (Lipinski definition) is 0. The molecule has 0 N–H and O–H groups in total. The molecule has 28 heavy (non-hydrogen) atoms. The van der Waals surface area contributed by atoms with E-state index in [-0.39, 0.29) is 5.91 Å². The molecule has 3 aromatic rings. The molecule has 5 heteroatoms. The number of aromatic nitrogens is 1. The monoisotopic (exact) mass is 379 g/mol. The van der Waals surface area contributed by atoms with Crippen LogP contribution >= 0.6 is 0 Å². The summed E-state index contributed by atoms with van der Waals surface area (Å²) in [6.45, 7) is 9.48. The number of benzene rings is 1. The van der Waals surface area contributed by atoms with Crippen LogP contribution in [0.15, 0.2) is 46.9 Å². The van der Waals surface area contributed by atoms with Crippen molar-refractivity contribution in [1.82, 2.24) is 14.4 Å². The molecule has 1 fully saturated rings. The zero-order valence-electron chi connectivity index (χ0n) is 16.9. The summed E-state index contributed by atoms with van der Waals surface area (Å²) in [5.74, 6) is 1.01. The molecule has 2 aromatic heterocycles. The van der Waals surface area contributed by atoms with E-state index in [1.165, 1.54) is 5.56 Å². The predicted octanol–water partition coefficient (Wildman–Crippen LogP) is 3.95. The Hall–Kier alpha value is -2.53. The third-order valence-corrected chi connectivity index (χ3v) is 5.73. The average Bonchev–Trinajstić information content (AvgIpc) is 3.25. The minimum absolute atomic E-state index is 0.125. The van der Waals surface area contributed by atoms with Gasteiger partial charge in [-0.2, -0.15) is 0 Å². The first-order chi connectivity index (χ1) is 13.7. The zero-order valence-corrected chi connectivity index (χ0v) is 16.9. The number of carbonyl (C=O) groups excluding carboxylic acids is 1. The number of hydrogen-bond acceptors (Lipinski definition) is 3. The molecule has 4 rings (SSSR count). The second kappa shape index (κ2) is 8.23. The summed E-state index contributed by atoms with van der Waals surface area (Å²) >= 11 is 0. The molecule has 1 aromatic carbocycles. The first kappa shape index (κ1) is 18.8. The topological polar surface area (TPSA) is 41.6 Å². The molecule has 0 radical (unpaired) electrons. The van der Waals surface area contributed by atoms with Crippen LogP contribution < -0.4 is 0 Å².